The highest BCUT2D eigenvalue weighted by Gasteiger charge is 2.27. The molecule has 106 valence electrons. The van der Waals surface area contributed by atoms with Crippen molar-refractivity contribution in [2.75, 3.05) is 25.0 Å². The van der Waals surface area contributed by atoms with E-state index in [-0.39, 0.29) is 6.04 Å². The molecule has 1 aromatic carbocycles. The summed E-state index contributed by atoms with van der Waals surface area (Å²) >= 11 is 0. The Labute approximate surface area is 115 Å². The highest BCUT2D eigenvalue weighted by molar-refractivity contribution is 7.89. The van der Waals surface area contributed by atoms with E-state index in [1.165, 1.54) is 7.05 Å². The third-order valence-electron chi connectivity index (χ3n) is 3.50. The molecule has 19 heavy (non-hydrogen) atoms. The first-order valence-electron chi connectivity index (χ1n) is 6.48. The highest BCUT2D eigenvalue weighted by Crippen LogP contribution is 2.27. The summed E-state index contributed by atoms with van der Waals surface area (Å²) < 4.78 is 26.6. The van der Waals surface area contributed by atoms with Crippen molar-refractivity contribution in [1.82, 2.24) is 10.0 Å². The molecule has 0 spiro atoms. The van der Waals surface area contributed by atoms with E-state index in [1.807, 2.05) is 12.1 Å². The van der Waals surface area contributed by atoms with Crippen molar-refractivity contribution >= 4 is 15.7 Å². The van der Waals surface area contributed by atoms with Gasteiger partial charge in [-0.25, -0.2) is 13.1 Å². The molecule has 1 aliphatic heterocycles. The number of nitrogens with zero attached hydrogens (tertiary/aromatic N) is 1. The van der Waals surface area contributed by atoms with Crippen LogP contribution in [-0.2, 0) is 10.0 Å². The smallest absolute Gasteiger partial charge is 0.242 e. The fraction of sp³-hybridized carbons (Fsp3) is 0.538. The Balaban J connectivity index is 2.45. The number of nitrogens with one attached hydrogen (secondary N) is 2. The van der Waals surface area contributed by atoms with Gasteiger partial charge >= 0.3 is 0 Å². The molecule has 0 aliphatic carbocycles. The van der Waals surface area contributed by atoms with Crippen LogP contribution in [0, 0.1) is 0 Å². The van der Waals surface area contributed by atoms with Gasteiger partial charge in [0.1, 0.15) is 4.90 Å². The van der Waals surface area contributed by atoms with Gasteiger partial charge in [-0.15, -0.1) is 0 Å². The van der Waals surface area contributed by atoms with Gasteiger partial charge < -0.3 is 10.2 Å². The second-order valence-corrected chi connectivity index (χ2v) is 6.84. The summed E-state index contributed by atoms with van der Waals surface area (Å²) in [6, 6.07) is 7.78. The van der Waals surface area contributed by atoms with Crippen LogP contribution in [0.3, 0.4) is 0 Å². The lowest BCUT2D eigenvalue weighted by Gasteiger charge is -2.40. The van der Waals surface area contributed by atoms with Crippen LogP contribution in [-0.4, -0.2) is 40.6 Å². The molecule has 0 saturated carbocycles. The van der Waals surface area contributed by atoms with Crippen LogP contribution < -0.4 is 14.9 Å². The van der Waals surface area contributed by atoms with Crippen molar-refractivity contribution in [3.63, 3.8) is 0 Å². The molecule has 0 aromatic heterocycles. The average molecular weight is 283 g/mol. The molecule has 0 radical (unpaired) electrons. The van der Waals surface area contributed by atoms with Gasteiger partial charge in [-0.1, -0.05) is 12.1 Å². The Morgan fingerprint density at radius 1 is 1.32 bits per heavy atom. The Morgan fingerprint density at radius 3 is 2.68 bits per heavy atom. The molecule has 2 atom stereocenters. The number of benzene rings is 1. The molecule has 1 fully saturated rings. The summed E-state index contributed by atoms with van der Waals surface area (Å²) in [5.41, 5.74) is 0.776. The fourth-order valence-electron chi connectivity index (χ4n) is 2.39. The third kappa shape index (κ3) is 2.91. The topological polar surface area (TPSA) is 61.4 Å². The number of sulfonamides is 1. The third-order valence-corrected chi connectivity index (χ3v) is 4.96. The number of hydrogen-bond acceptors (Lipinski definition) is 4. The van der Waals surface area contributed by atoms with Crippen molar-refractivity contribution in [3.8, 4) is 0 Å². The van der Waals surface area contributed by atoms with E-state index in [0.717, 1.165) is 18.8 Å². The average Bonchev–Trinajstić information content (AvgIpc) is 2.41. The normalized spacial score (nSPS) is 24.5. The predicted molar refractivity (Wildman–Crippen MR) is 77.0 cm³/mol. The molecule has 1 saturated heterocycles. The standard InChI is InChI=1S/C13H21N3O2S/c1-10-9-16(11(2)8-15-10)12-6-4-5-7-13(12)19(17,18)14-3/h4-7,10-11,14-15H,8-9H2,1-3H3. The van der Waals surface area contributed by atoms with Crippen LogP contribution in [0.5, 0.6) is 0 Å². The summed E-state index contributed by atoms with van der Waals surface area (Å²) in [5.74, 6) is 0. The van der Waals surface area contributed by atoms with Crippen molar-refractivity contribution < 1.29 is 8.42 Å². The number of piperazine rings is 1. The Bertz CT molecular complexity index is 545. The minimum absolute atomic E-state index is 0.268. The van der Waals surface area contributed by atoms with Gasteiger partial charge in [-0.3, -0.25) is 0 Å². The summed E-state index contributed by atoms with van der Waals surface area (Å²) in [4.78, 5) is 2.50. The summed E-state index contributed by atoms with van der Waals surface area (Å²) in [5, 5.41) is 3.40. The van der Waals surface area contributed by atoms with E-state index in [9.17, 15) is 8.42 Å². The first-order valence-corrected chi connectivity index (χ1v) is 7.96. The van der Waals surface area contributed by atoms with Crippen LogP contribution in [0.15, 0.2) is 29.2 Å². The maximum absolute atomic E-state index is 12.1. The molecule has 0 amide bonds. The van der Waals surface area contributed by atoms with Crippen LogP contribution >= 0.6 is 0 Å². The number of rotatable bonds is 3. The number of hydrogen-bond donors (Lipinski definition) is 2. The van der Waals surface area contributed by atoms with Crippen molar-refractivity contribution in [1.29, 1.82) is 0 Å². The summed E-state index contributed by atoms with van der Waals surface area (Å²) in [6.45, 7) is 5.86. The zero-order valence-corrected chi connectivity index (χ0v) is 12.4. The summed E-state index contributed by atoms with van der Waals surface area (Å²) in [6.07, 6.45) is 0. The fourth-order valence-corrected chi connectivity index (χ4v) is 3.33. The second-order valence-electron chi connectivity index (χ2n) is 4.99. The van der Waals surface area contributed by atoms with Crippen LogP contribution in [0.25, 0.3) is 0 Å². The molecule has 2 unspecified atom stereocenters. The minimum Gasteiger partial charge on any atom is -0.365 e. The van der Waals surface area contributed by atoms with Gasteiger partial charge in [-0.2, -0.15) is 0 Å². The molecule has 1 aromatic rings. The summed E-state index contributed by atoms with van der Waals surface area (Å²) in [7, 11) is -1.99. The lowest BCUT2D eigenvalue weighted by Crippen LogP contribution is -2.54. The number of anilines is 1. The first kappa shape index (κ1) is 14.3. The molecular weight excluding hydrogens is 262 g/mol. The number of para-hydroxylation sites is 1. The van der Waals surface area contributed by atoms with E-state index < -0.39 is 10.0 Å². The zero-order chi connectivity index (χ0) is 14.0. The molecule has 5 nitrogen and oxygen atoms in total. The largest absolute Gasteiger partial charge is 0.365 e. The maximum Gasteiger partial charge on any atom is 0.242 e. The molecule has 2 N–H and O–H groups in total. The molecule has 0 bridgehead atoms. The van der Waals surface area contributed by atoms with Crippen LogP contribution in [0.1, 0.15) is 13.8 Å². The first-order chi connectivity index (χ1) is 8.95. The van der Waals surface area contributed by atoms with Gasteiger partial charge in [-0.05, 0) is 33.0 Å². The molecule has 1 heterocycles. The quantitative estimate of drug-likeness (QED) is 0.860. The molecule has 1 aliphatic rings. The van der Waals surface area contributed by atoms with Crippen molar-refractivity contribution in [3.05, 3.63) is 24.3 Å². The molecule has 2 rings (SSSR count). The monoisotopic (exact) mass is 283 g/mol. The Kier molecular flexibility index (Phi) is 4.13. The van der Waals surface area contributed by atoms with E-state index >= 15 is 0 Å². The van der Waals surface area contributed by atoms with E-state index in [2.05, 4.69) is 28.8 Å². The van der Waals surface area contributed by atoms with E-state index in [0.29, 0.717) is 10.9 Å². The minimum atomic E-state index is -3.43. The van der Waals surface area contributed by atoms with Gasteiger partial charge in [0.15, 0.2) is 0 Å². The van der Waals surface area contributed by atoms with Crippen molar-refractivity contribution in [2.45, 2.75) is 30.8 Å². The van der Waals surface area contributed by atoms with Crippen molar-refractivity contribution in [2.24, 2.45) is 0 Å². The van der Waals surface area contributed by atoms with Gasteiger partial charge in [0.05, 0.1) is 5.69 Å². The maximum atomic E-state index is 12.1. The highest BCUT2D eigenvalue weighted by atomic mass is 32.2. The van der Waals surface area contributed by atoms with Gasteiger partial charge in [0.2, 0.25) is 10.0 Å². The Hall–Kier alpha value is -1.11. The predicted octanol–water partition coefficient (Wildman–Crippen LogP) is 0.781. The lowest BCUT2D eigenvalue weighted by atomic mass is 10.1. The van der Waals surface area contributed by atoms with Gasteiger partial charge in [0, 0.05) is 25.2 Å². The van der Waals surface area contributed by atoms with Gasteiger partial charge in [0.25, 0.3) is 0 Å². The van der Waals surface area contributed by atoms with E-state index in [4.69, 9.17) is 0 Å². The SMILES string of the molecule is CNS(=O)(=O)c1ccccc1N1CC(C)NCC1C. The van der Waals surface area contributed by atoms with E-state index in [1.54, 1.807) is 12.1 Å². The second kappa shape index (κ2) is 5.48. The molecule has 6 heteroatoms. The van der Waals surface area contributed by atoms with Crippen LogP contribution in [0.2, 0.25) is 0 Å². The lowest BCUT2D eigenvalue weighted by molar-refractivity contribution is 0.423. The Morgan fingerprint density at radius 2 is 2.00 bits per heavy atom. The van der Waals surface area contributed by atoms with Crippen LogP contribution in [0.4, 0.5) is 5.69 Å². The molecular formula is C13H21N3O2S. The zero-order valence-electron chi connectivity index (χ0n) is 11.6.